The van der Waals surface area contributed by atoms with Crippen molar-refractivity contribution >= 4 is 46.2 Å². The lowest BCUT2D eigenvalue weighted by Gasteiger charge is -2.06. The number of amides is 1. The molecule has 0 atom stereocenters. The molecule has 0 fully saturated rings. The molecular weight excluding hydrogens is 357 g/mol. The maximum absolute atomic E-state index is 12.2. The molecule has 0 spiro atoms. The lowest BCUT2D eigenvalue weighted by atomic mass is 10.2. The van der Waals surface area contributed by atoms with Crippen LogP contribution in [0, 0.1) is 0 Å². The van der Waals surface area contributed by atoms with Gasteiger partial charge in [-0.05, 0) is 54.6 Å². The molecule has 1 amide bonds. The van der Waals surface area contributed by atoms with Crippen molar-refractivity contribution in [2.24, 2.45) is 10.2 Å². The molecule has 0 aliphatic rings. The van der Waals surface area contributed by atoms with Crippen molar-refractivity contribution in [1.82, 2.24) is 0 Å². The summed E-state index contributed by atoms with van der Waals surface area (Å²) in [5, 5.41) is 11.9. The number of nitrogens with zero attached hydrogens (tertiary/aromatic N) is 2. The predicted octanol–water partition coefficient (Wildman–Crippen LogP) is 6.66. The number of carbonyl (C=O) groups excluding carboxylic acids is 1. The van der Waals surface area contributed by atoms with Crippen molar-refractivity contribution < 1.29 is 4.79 Å². The monoisotopic (exact) mass is 369 g/mol. The number of hydrogen-bond acceptors (Lipinski definition) is 3. The molecule has 124 valence electrons. The van der Waals surface area contributed by atoms with E-state index in [2.05, 4.69) is 15.5 Å². The summed E-state index contributed by atoms with van der Waals surface area (Å²) in [4.78, 5) is 12.2. The molecule has 3 aromatic rings. The Balaban J connectivity index is 1.68. The Morgan fingerprint density at radius 1 is 0.760 bits per heavy atom. The van der Waals surface area contributed by atoms with Crippen molar-refractivity contribution in [3.63, 3.8) is 0 Å². The van der Waals surface area contributed by atoms with Gasteiger partial charge in [-0.15, -0.1) is 0 Å². The Morgan fingerprint density at radius 3 is 1.92 bits per heavy atom. The summed E-state index contributed by atoms with van der Waals surface area (Å²) >= 11 is 11.8. The quantitative estimate of drug-likeness (QED) is 0.513. The number of anilines is 1. The Morgan fingerprint density at radius 2 is 1.32 bits per heavy atom. The Hall–Kier alpha value is -2.69. The van der Waals surface area contributed by atoms with Gasteiger partial charge in [0.05, 0.1) is 11.4 Å². The van der Waals surface area contributed by atoms with Crippen molar-refractivity contribution in [3.05, 3.63) is 88.4 Å². The zero-order valence-electron chi connectivity index (χ0n) is 13.0. The topological polar surface area (TPSA) is 53.8 Å². The van der Waals surface area contributed by atoms with Crippen LogP contribution >= 0.6 is 23.2 Å². The average Bonchev–Trinajstić information content (AvgIpc) is 2.61. The average molecular weight is 370 g/mol. The van der Waals surface area contributed by atoms with Gasteiger partial charge in [0.15, 0.2) is 0 Å². The van der Waals surface area contributed by atoms with Gasteiger partial charge < -0.3 is 5.32 Å². The van der Waals surface area contributed by atoms with E-state index in [1.807, 2.05) is 30.3 Å². The molecule has 4 nitrogen and oxygen atoms in total. The Kier molecular flexibility index (Phi) is 5.43. The lowest BCUT2D eigenvalue weighted by Crippen LogP contribution is -2.11. The van der Waals surface area contributed by atoms with Crippen molar-refractivity contribution in [1.29, 1.82) is 0 Å². The highest BCUT2D eigenvalue weighted by Crippen LogP contribution is 2.22. The standard InChI is InChI=1S/C19H13Cl2N3O/c20-14-10-13(11-15(21)12-14)19(25)22-16-6-8-18(9-7-16)24-23-17-4-2-1-3-5-17/h1-12H,(H,22,25). The largest absolute Gasteiger partial charge is 0.322 e. The van der Waals surface area contributed by atoms with Crippen molar-refractivity contribution in [2.75, 3.05) is 5.32 Å². The molecule has 0 radical (unpaired) electrons. The van der Waals surface area contributed by atoms with E-state index in [1.165, 1.54) is 0 Å². The fourth-order valence-electron chi connectivity index (χ4n) is 2.11. The maximum atomic E-state index is 12.2. The SMILES string of the molecule is O=C(Nc1ccc(N=Nc2ccccc2)cc1)c1cc(Cl)cc(Cl)c1. The number of carbonyl (C=O) groups is 1. The number of nitrogens with one attached hydrogen (secondary N) is 1. The molecule has 1 N–H and O–H groups in total. The second-order valence-corrected chi connectivity index (χ2v) is 6.07. The first-order valence-corrected chi connectivity index (χ1v) is 8.20. The van der Waals surface area contributed by atoms with Gasteiger partial charge in [-0.2, -0.15) is 10.2 Å². The van der Waals surface area contributed by atoms with Gasteiger partial charge in [-0.25, -0.2) is 0 Å². The number of azo groups is 1. The summed E-state index contributed by atoms with van der Waals surface area (Å²) in [6.45, 7) is 0. The summed E-state index contributed by atoms with van der Waals surface area (Å²) < 4.78 is 0. The molecular formula is C19H13Cl2N3O. The fourth-order valence-corrected chi connectivity index (χ4v) is 2.64. The maximum Gasteiger partial charge on any atom is 0.255 e. The molecule has 0 saturated heterocycles. The smallest absolute Gasteiger partial charge is 0.255 e. The van der Waals surface area contributed by atoms with Crippen molar-refractivity contribution in [2.45, 2.75) is 0 Å². The third-order valence-corrected chi connectivity index (χ3v) is 3.72. The summed E-state index contributed by atoms with van der Waals surface area (Å²) in [6.07, 6.45) is 0. The second-order valence-electron chi connectivity index (χ2n) is 5.19. The molecule has 0 heterocycles. The minimum atomic E-state index is -0.289. The van der Waals surface area contributed by atoms with E-state index in [0.29, 0.717) is 27.0 Å². The summed E-state index contributed by atoms with van der Waals surface area (Å²) in [7, 11) is 0. The summed E-state index contributed by atoms with van der Waals surface area (Å²) in [6, 6.07) is 21.2. The predicted molar refractivity (Wildman–Crippen MR) is 101 cm³/mol. The Bertz CT molecular complexity index is 889. The normalized spacial score (nSPS) is 10.8. The zero-order valence-corrected chi connectivity index (χ0v) is 14.5. The first-order chi connectivity index (χ1) is 12.1. The van der Waals surface area contributed by atoms with E-state index < -0.39 is 0 Å². The minimum absolute atomic E-state index is 0.289. The second kappa shape index (κ2) is 7.92. The first kappa shape index (κ1) is 17.1. The van der Waals surface area contributed by atoms with Gasteiger partial charge in [0.1, 0.15) is 0 Å². The molecule has 0 aliphatic heterocycles. The van der Waals surface area contributed by atoms with Crippen LogP contribution in [0.25, 0.3) is 0 Å². The van der Waals surface area contributed by atoms with Gasteiger partial charge >= 0.3 is 0 Å². The van der Waals surface area contributed by atoms with Gasteiger partial charge in [0.2, 0.25) is 0 Å². The third kappa shape index (κ3) is 4.89. The molecule has 0 saturated carbocycles. The fraction of sp³-hybridized carbons (Fsp3) is 0. The van der Waals surface area contributed by atoms with Crippen LogP contribution in [-0.2, 0) is 0 Å². The summed E-state index contributed by atoms with van der Waals surface area (Å²) in [5.41, 5.74) is 2.50. The van der Waals surface area contributed by atoms with Gasteiger partial charge in [-0.1, -0.05) is 41.4 Å². The van der Waals surface area contributed by atoms with E-state index in [1.54, 1.807) is 42.5 Å². The number of hydrogen-bond donors (Lipinski definition) is 1. The molecule has 3 rings (SSSR count). The molecule has 0 unspecified atom stereocenters. The summed E-state index contributed by atoms with van der Waals surface area (Å²) in [5.74, 6) is -0.289. The van der Waals surface area contributed by atoms with E-state index in [-0.39, 0.29) is 5.91 Å². The van der Waals surface area contributed by atoms with Crippen LogP contribution in [0.15, 0.2) is 83.0 Å². The number of rotatable bonds is 4. The van der Waals surface area contributed by atoms with Crippen LogP contribution in [-0.4, -0.2) is 5.91 Å². The van der Waals surface area contributed by atoms with Crippen LogP contribution in [0.2, 0.25) is 10.0 Å². The molecule has 0 bridgehead atoms. The van der Waals surface area contributed by atoms with E-state index in [4.69, 9.17) is 23.2 Å². The van der Waals surface area contributed by atoms with E-state index in [0.717, 1.165) is 5.69 Å². The highest BCUT2D eigenvalue weighted by molar-refractivity contribution is 6.35. The minimum Gasteiger partial charge on any atom is -0.322 e. The Labute approximate surface area is 155 Å². The van der Waals surface area contributed by atoms with Gasteiger partial charge in [0, 0.05) is 21.3 Å². The molecule has 25 heavy (non-hydrogen) atoms. The zero-order chi connectivity index (χ0) is 17.6. The molecule has 3 aromatic carbocycles. The van der Waals surface area contributed by atoms with Crippen LogP contribution < -0.4 is 5.32 Å². The van der Waals surface area contributed by atoms with Gasteiger partial charge in [-0.3, -0.25) is 4.79 Å². The van der Waals surface area contributed by atoms with Gasteiger partial charge in [0.25, 0.3) is 5.91 Å². The number of benzene rings is 3. The molecule has 6 heteroatoms. The number of halogens is 2. The van der Waals surface area contributed by atoms with Crippen LogP contribution in [0.3, 0.4) is 0 Å². The highest BCUT2D eigenvalue weighted by atomic mass is 35.5. The van der Waals surface area contributed by atoms with E-state index in [9.17, 15) is 4.79 Å². The lowest BCUT2D eigenvalue weighted by molar-refractivity contribution is 0.102. The van der Waals surface area contributed by atoms with Crippen LogP contribution in [0.4, 0.5) is 17.1 Å². The van der Waals surface area contributed by atoms with Crippen LogP contribution in [0.1, 0.15) is 10.4 Å². The van der Waals surface area contributed by atoms with Crippen LogP contribution in [0.5, 0.6) is 0 Å². The highest BCUT2D eigenvalue weighted by Gasteiger charge is 2.08. The molecule has 0 aliphatic carbocycles. The third-order valence-electron chi connectivity index (χ3n) is 3.29. The molecule has 0 aromatic heterocycles. The van der Waals surface area contributed by atoms with Crippen molar-refractivity contribution in [3.8, 4) is 0 Å². The van der Waals surface area contributed by atoms with E-state index >= 15 is 0 Å². The first-order valence-electron chi connectivity index (χ1n) is 7.44.